The second-order valence-electron chi connectivity index (χ2n) is 5.07. The number of amides is 1. The summed E-state index contributed by atoms with van der Waals surface area (Å²) in [5, 5.41) is 9.08. The van der Waals surface area contributed by atoms with E-state index in [1.165, 1.54) is 0 Å². The van der Waals surface area contributed by atoms with Crippen LogP contribution in [0.2, 0.25) is 0 Å². The Balaban J connectivity index is 1.97. The number of ether oxygens (including phenoxy) is 1. The van der Waals surface area contributed by atoms with Gasteiger partial charge in [-0.3, -0.25) is 4.79 Å². The van der Waals surface area contributed by atoms with Gasteiger partial charge in [-0.2, -0.15) is 5.26 Å². The van der Waals surface area contributed by atoms with Crippen LogP contribution in [0.25, 0.3) is 0 Å². The monoisotopic (exact) mass is 288 g/mol. The Morgan fingerprint density at radius 2 is 2.00 bits per heavy atom. The lowest BCUT2D eigenvalue weighted by Crippen LogP contribution is -2.34. The summed E-state index contributed by atoms with van der Waals surface area (Å²) in [5.74, 6) is 0.239. The summed E-state index contributed by atoms with van der Waals surface area (Å²) in [6.07, 6.45) is 0. The maximum Gasteiger partial charge on any atom is 0.257 e. The van der Waals surface area contributed by atoms with Crippen molar-refractivity contribution >= 4 is 19.2 Å². The van der Waals surface area contributed by atoms with Crippen LogP contribution in [0.4, 0.5) is 0 Å². The molecule has 0 atom stereocenters. The molecular weight excluding hydrogens is 275 g/mol. The van der Waals surface area contributed by atoms with E-state index in [1.807, 2.05) is 36.4 Å². The molecule has 0 fully saturated rings. The number of rotatable bonds is 2. The highest BCUT2D eigenvalue weighted by Crippen LogP contribution is 2.23. The van der Waals surface area contributed by atoms with Crippen LogP contribution in [0.1, 0.15) is 21.5 Å². The van der Waals surface area contributed by atoms with Gasteiger partial charge in [-0.15, -0.1) is 0 Å². The van der Waals surface area contributed by atoms with Gasteiger partial charge >= 0.3 is 0 Å². The largest absolute Gasteiger partial charge is 0.491 e. The molecule has 106 valence electrons. The van der Waals surface area contributed by atoms with Crippen molar-refractivity contribution in [3.05, 3.63) is 59.2 Å². The number of hydrogen-bond acceptors (Lipinski definition) is 3. The van der Waals surface area contributed by atoms with E-state index < -0.39 is 0 Å². The van der Waals surface area contributed by atoms with Crippen molar-refractivity contribution in [2.75, 3.05) is 13.2 Å². The topological polar surface area (TPSA) is 53.3 Å². The van der Waals surface area contributed by atoms with E-state index in [9.17, 15) is 4.79 Å². The van der Waals surface area contributed by atoms with Gasteiger partial charge in [0, 0.05) is 12.1 Å². The lowest BCUT2D eigenvalue weighted by atomic mass is 9.85. The highest BCUT2D eigenvalue weighted by atomic mass is 16.5. The van der Waals surface area contributed by atoms with Crippen molar-refractivity contribution in [3.8, 4) is 11.8 Å². The maximum absolute atomic E-state index is 12.8. The molecule has 0 saturated carbocycles. The van der Waals surface area contributed by atoms with Crippen molar-refractivity contribution in [1.82, 2.24) is 4.90 Å². The minimum absolute atomic E-state index is 0.185. The van der Waals surface area contributed by atoms with E-state index in [2.05, 4.69) is 0 Å². The molecular formula is C17H13BN2O2. The average Bonchev–Trinajstić information content (AvgIpc) is 2.69. The molecule has 4 nitrogen and oxygen atoms in total. The Kier molecular flexibility index (Phi) is 3.84. The average molecular weight is 288 g/mol. The van der Waals surface area contributed by atoms with Crippen LogP contribution in [-0.2, 0) is 6.54 Å². The van der Waals surface area contributed by atoms with Crippen molar-refractivity contribution in [2.45, 2.75) is 6.54 Å². The molecule has 2 aromatic rings. The van der Waals surface area contributed by atoms with Crippen molar-refractivity contribution in [3.63, 3.8) is 0 Å². The molecule has 0 aliphatic carbocycles. The zero-order chi connectivity index (χ0) is 15.5. The van der Waals surface area contributed by atoms with Crippen LogP contribution >= 0.6 is 0 Å². The van der Waals surface area contributed by atoms with Gasteiger partial charge in [-0.1, -0.05) is 35.8 Å². The van der Waals surface area contributed by atoms with E-state index in [4.69, 9.17) is 17.8 Å². The Hall–Kier alpha value is -2.74. The summed E-state index contributed by atoms with van der Waals surface area (Å²) in [6, 6.07) is 14.9. The number of carbonyl (C=O) groups excluding carboxylic acids is 1. The SMILES string of the molecule is [B]c1c(C#N)ccc2c1C(=O)N(Cc1ccccc1)CCO2. The molecule has 1 aliphatic heterocycles. The Morgan fingerprint density at radius 1 is 1.23 bits per heavy atom. The first-order chi connectivity index (χ1) is 10.7. The molecule has 2 radical (unpaired) electrons. The first kappa shape index (κ1) is 14.2. The standard InChI is InChI=1S/C17H13BN2O2/c18-16-13(10-19)6-7-14-15(16)17(21)20(8-9-22-14)11-12-4-2-1-3-5-12/h1-7H,8-9,11H2. The number of nitrogens with zero attached hydrogens (tertiary/aromatic N) is 2. The zero-order valence-electron chi connectivity index (χ0n) is 12.0. The van der Waals surface area contributed by atoms with Gasteiger partial charge in [-0.25, -0.2) is 0 Å². The minimum atomic E-state index is -0.203. The highest BCUT2D eigenvalue weighted by molar-refractivity contribution is 6.38. The molecule has 1 amide bonds. The fourth-order valence-electron chi connectivity index (χ4n) is 2.52. The number of fused-ring (bicyclic) bond motifs is 1. The summed E-state index contributed by atoms with van der Waals surface area (Å²) in [4.78, 5) is 14.5. The van der Waals surface area contributed by atoms with Crippen LogP contribution in [0.3, 0.4) is 0 Å². The highest BCUT2D eigenvalue weighted by Gasteiger charge is 2.26. The van der Waals surface area contributed by atoms with E-state index in [1.54, 1.807) is 17.0 Å². The number of benzene rings is 2. The van der Waals surface area contributed by atoms with Gasteiger partial charge in [0.25, 0.3) is 5.91 Å². The molecule has 0 aromatic heterocycles. The fraction of sp³-hybridized carbons (Fsp3) is 0.176. The molecule has 1 aliphatic rings. The first-order valence-corrected chi connectivity index (χ1v) is 6.99. The third kappa shape index (κ3) is 2.56. The van der Waals surface area contributed by atoms with E-state index in [0.717, 1.165) is 5.56 Å². The normalized spacial score (nSPS) is 13.8. The van der Waals surface area contributed by atoms with Crippen LogP contribution < -0.4 is 10.2 Å². The van der Waals surface area contributed by atoms with Crippen LogP contribution in [0.5, 0.6) is 5.75 Å². The van der Waals surface area contributed by atoms with Gasteiger partial charge in [0.05, 0.1) is 18.2 Å². The van der Waals surface area contributed by atoms with Crippen molar-refractivity contribution in [2.24, 2.45) is 0 Å². The van der Waals surface area contributed by atoms with Gasteiger partial charge in [0.2, 0.25) is 0 Å². The molecule has 2 aromatic carbocycles. The Bertz CT molecular complexity index is 753. The molecule has 5 heteroatoms. The Labute approximate surface area is 130 Å². The van der Waals surface area contributed by atoms with Gasteiger partial charge in [-0.05, 0) is 17.7 Å². The lowest BCUT2D eigenvalue weighted by molar-refractivity contribution is 0.0744. The third-order valence-electron chi connectivity index (χ3n) is 3.66. The number of nitriles is 1. The van der Waals surface area contributed by atoms with E-state index >= 15 is 0 Å². The van der Waals surface area contributed by atoms with Gasteiger partial charge in [0.1, 0.15) is 20.2 Å². The quantitative estimate of drug-likeness (QED) is 0.785. The third-order valence-corrected chi connectivity index (χ3v) is 3.66. The van der Waals surface area contributed by atoms with Crippen molar-refractivity contribution < 1.29 is 9.53 Å². The summed E-state index contributed by atoms with van der Waals surface area (Å²) < 4.78 is 5.62. The van der Waals surface area contributed by atoms with E-state index in [-0.39, 0.29) is 22.5 Å². The molecule has 3 rings (SSSR count). The second-order valence-corrected chi connectivity index (χ2v) is 5.07. The Morgan fingerprint density at radius 3 is 2.73 bits per heavy atom. The van der Waals surface area contributed by atoms with Crippen LogP contribution in [0.15, 0.2) is 42.5 Å². The minimum Gasteiger partial charge on any atom is -0.491 e. The molecule has 0 unspecified atom stereocenters. The number of hydrogen-bond donors (Lipinski definition) is 0. The number of carbonyl (C=O) groups is 1. The second kappa shape index (κ2) is 5.94. The molecule has 22 heavy (non-hydrogen) atoms. The summed E-state index contributed by atoms with van der Waals surface area (Å²) in [5.41, 5.74) is 1.80. The fourth-order valence-corrected chi connectivity index (χ4v) is 2.52. The van der Waals surface area contributed by atoms with Crippen molar-refractivity contribution in [1.29, 1.82) is 5.26 Å². The van der Waals surface area contributed by atoms with Gasteiger partial charge in [0.15, 0.2) is 0 Å². The van der Waals surface area contributed by atoms with Gasteiger partial charge < -0.3 is 9.64 Å². The predicted molar refractivity (Wildman–Crippen MR) is 83.2 cm³/mol. The molecule has 1 heterocycles. The summed E-state index contributed by atoms with van der Waals surface area (Å²) in [6.45, 7) is 1.36. The smallest absolute Gasteiger partial charge is 0.257 e. The van der Waals surface area contributed by atoms with E-state index in [0.29, 0.717) is 25.4 Å². The summed E-state index contributed by atoms with van der Waals surface area (Å²) in [7, 11) is 5.98. The van der Waals surface area contributed by atoms with Crippen LogP contribution in [-0.4, -0.2) is 31.8 Å². The van der Waals surface area contributed by atoms with Crippen LogP contribution in [0, 0.1) is 11.3 Å². The first-order valence-electron chi connectivity index (χ1n) is 6.99. The molecule has 0 bridgehead atoms. The molecule has 0 N–H and O–H groups in total. The maximum atomic E-state index is 12.8. The summed E-state index contributed by atoms with van der Waals surface area (Å²) >= 11 is 0. The molecule has 0 spiro atoms. The lowest BCUT2D eigenvalue weighted by Gasteiger charge is -2.21. The molecule has 0 saturated heterocycles. The zero-order valence-corrected chi connectivity index (χ0v) is 12.0. The predicted octanol–water partition coefficient (Wildman–Crippen LogP) is 1.39.